The minimum absolute atomic E-state index is 0.269. The second kappa shape index (κ2) is 7.44. The Morgan fingerprint density at radius 2 is 1.79 bits per heavy atom. The van der Waals surface area contributed by atoms with Gasteiger partial charge in [-0.2, -0.15) is 0 Å². The summed E-state index contributed by atoms with van der Waals surface area (Å²) < 4.78 is 23.6. The quantitative estimate of drug-likeness (QED) is 0.374. The Labute approximate surface area is 159 Å². The van der Waals surface area contributed by atoms with Gasteiger partial charge in [-0.15, -0.1) is 0 Å². The van der Waals surface area contributed by atoms with Crippen molar-refractivity contribution in [2.75, 3.05) is 6.61 Å². The lowest BCUT2D eigenvalue weighted by Gasteiger charge is -2.09. The van der Waals surface area contributed by atoms with Crippen molar-refractivity contribution in [1.82, 2.24) is 4.98 Å². The van der Waals surface area contributed by atoms with Crippen LogP contribution in [0.3, 0.4) is 0 Å². The van der Waals surface area contributed by atoms with E-state index in [-0.39, 0.29) is 11.1 Å². The number of Topliss-reactive ketones (excluding diaryl/α,β-unsaturated/α-hetero) is 1. The molecule has 0 aliphatic rings. The van der Waals surface area contributed by atoms with Gasteiger partial charge < -0.3 is 9.15 Å². The smallest absolute Gasteiger partial charge is 0.339 e. The van der Waals surface area contributed by atoms with Gasteiger partial charge in [0.2, 0.25) is 0 Å². The number of esters is 1. The second-order valence-electron chi connectivity index (χ2n) is 6.06. The van der Waals surface area contributed by atoms with Crippen molar-refractivity contribution in [3.63, 3.8) is 0 Å². The van der Waals surface area contributed by atoms with Crippen molar-refractivity contribution < 1.29 is 23.1 Å². The summed E-state index contributed by atoms with van der Waals surface area (Å²) >= 11 is 0. The van der Waals surface area contributed by atoms with E-state index < -0.39 is 24.2 Å². The number of aromatic nitrogens is 1. The lowest BCUT2D eigenvalue weighted by molar-refractivity contribution is 0.0476. The molecule has 2 aromatic heterocycles. The highest BCUT2D eigenvalue weighted by Gasteiger charge is 2.17. The Hall–Kier alpha value is -3.80. The summed E-state index contributed by atoms with van der Waals surface area (Å²) in [5.41, 5.74) is 1.64. The van der Waals surface area contributed by atoms with Crippen LogP contribution in [0.25, 0.3) is 22.4 Å². The predicted octanol–water partition coefficient (Wildman–Crippen LogP) is 4.67. The van der Waals surface area contributed by atoms with Gasteiger partial charge in [-0.25, -0.2) is 14.2 Å². The molecule has 4 rings (SSSR count). The maximum absolute atomic E-state index is 13.0. The molecule has 0 atom stereocenters. The number of pyridine rings is 1. The number of ketones is 1. The van der Waals surface area contributed by atoms with Crippen LogP contribution in [0.2, 0.25) is 0 Å². The zero-order valence-electron chi connectivity index (χ0n) is 14.6. The van der Waals surface area contributed by atoms with Gasteiger partial charge in [0.1, 0.15) is 11.5 Å². The Kier molecular flexibility index (Phi) is 4.68. The van der Waals surface area contributed by atoms with Crippen LogP contribution >= 0.6 is 0 Å². The molecular weight excluding hydrogens is 361 g/mol. The van der Waals surface area contributed by atoms with Crippen LogP contribution in [-0.4, -0.2) is 23.3 Å². The van der Waals surface area contributed by atoms with E-state index in [2.05, 4.69) is 4.98 Å². The van der Waals surface area contributed by atoms with E-state index in [0.29, 0.717) is 22.4 Å². The summed E-state index contributed by atoms with van der Waals surface area (Å²) in [6, 6.07) is 17.2. The number of benzene rings is 2. The lowest BCUT2D eigenvalue weighted by atomic mass is 10.1. The SMILES string of the molecule is O=C(COC(=O)c1cc(-c2ccco2)nc2ccccc12)c1ccc(F)cc1. The van der Waals surface area contributed by atoms with Gasteiger partial charge in [0.05, 0.1) is 17.3 Å². The standard InChI is InChI=1S/C22H14FNO4/c23-15-9-7-14(8-10-15)20(25)13-28-22(26)17-12-19(21-6-3-11-27-21)24-18-5-2-1-4-16(17)18/h1-12H,13H2. The molecule has 0 spiro atoms. The first kappa shape index (κ1) is 17.6. The fourth-order valence-corrected chi connectivity index (χ4v) is 2.82. The van der Waals surface area contributed by atoms with Gasteiger partial charge in [-0.3, -0.25) is 4.79 Å². The molecule has 0 saturated heterocycles. The molecule has 0 bridgehead atoms. The number of nitrogens with zero attached hydrogens (tertiary/aromatic N) is 1. The molecule has 2 heterocycles. The van der Waals surface area contributed by atoms with Gasteiger partial charge in [-0.1, -0.05) is 18.2 Å². The van der Waals surface area contributed by atoms with E-state index in [1.165, 1.54) is 30.5 Å². The van der Waals surface area contributed by atoms with Crippen molar-refractivity contribution >= 4 is 22.7 Å². The monoisotopic (exact) mass is 375 g/mol. The molecule has 0 radical (unpaired) electrons. The number of para-hydroxylation sites is 1. The Morgan fingerprint density at radius 1 is 1.00 bits per heavy atom. The van der Waals surface area contributed by atoms with Crippen LogP contribution in [0.5, 0.6) is 0 Å². The van der Waals surface area contributed by atoms with E-state index in [4.69, 9.17) is 9.15 Å². The van der Waals surface area contributed by atoms with E-state index in [0.717, 1.165) is 0 Å². The average Bonchev–Trinajstić information content (AvgIpc) is 3.26. The maximum atomic E-state index is 13.0. The van der Waals surface area contributed by atoms with Gasteiger partial charge in [0.15, 0.2) is 18.2 Å². The van der Waals surface area contributed by atoms with Crippen LogP contribution < -0.4 is 0 Å². The topological polar surface area (TPSA) is 69.4 Å². The summed E-state index contributed by atoms with van der Waals surface area (Å²) in [6.45, 7) is -0.447. The molecule has 0 N–H and O–H groups in total. The van der Waals surface area contributed by atoms with Crippen LogP contribution in [0.1, 0.15) is 20.7 Å². The number of hydrogen-bond acceptors (Lipinski definition) is 5. The number of fused-ring (bicyclic) bond motifs is 1. The van der Waals surface area contributed by atoms with E-state index >= 15 is 0 Å². The molecule has 4 aromatic rings. The van der Waals surface area contributed by atoms with Crippen LogP contribution in [-0.2, 0) is 4.74 Å². The first-order valence-electron chi connectivity index (χ1n) is 8.51. The number of rotatable bonds is 5. The Bertz CT molecular complexity index is 1150. The summed E-state index contributed by atoms with van der Waals surface area (Å²) in [4.78, 5) is 29.4. The number of carbonyl (C=O) groups is 2. The van der Waals surface area contributed by atoms with Gasteiger partial charge >= 0.3 is 5.97 Å². The third-order valence-electron chi connectivity index (χ3n) is 4.21. The van der Waals surface area contributed by atoms with Gasteiger partial charge in [-0.05, 0) is 48.5 Å². The predicted molar refractivity (Wildman–Crippen MR) is 100 cm³/mol. The normalized spacial score (nSPS) is 10.8. The number of furan rings is 1. The summed E-state index contributed by atoms with van der Waals surface area (Å²) in [6.07, 6.45) is 1.52. The highest BCUT2D eigenvalue weighted by molar-refractivity contribution is 6.06. The molecule has 28 heavy (non-hydrogen) atoms. The first-order valence-corrected chi connectivity index (χ1v) is 8.51. The average molecular weight is 375 g/mol. The Morgan fingerprint density at radius 3 is 2.54 bits per heavy atom. The summed E-state index contributed by atoms with van der Waals surface area (Å²) in [7, 11) is 0. The number of halogens is 1. The number of ether oxygens (including phenoxy) is 1. The molecule has 0 saturated carbocycles. The Balaban J connectivity index is 1.61. The third-order valence-corrected chi connectivity index (χ3v) is 4.21. The van der Waals surface area contributed by atoms with Crippen LogP contribution in [0, 0.1) is 5.82 Å². The molecule has 0 amide bonds. The zero-order chi connectivity index (χ0) is 19.5. The largest absolute Gasteiger partial charge is 0.463 e. The van der Waals surface area contributed by atoms with Crippen LogP contribution in [0.4, 0.5) is 4.39 Å². The highest BCUT2D eigenvalue weighted by atomic mass is 19.1. The molecule has 2 aromatic carbocycles. The van der Waals surface area contributed by atoms with Crippen molar-refractivity contribution in [2.45, 2.75) is 0 Å². The number of carbonyl (C=O) groups excluding carboxylic acids is 2. The molecule has 0 unspecified atom stereocenters. The van der Waals surface area contributed by atoms with Crippen molar-refractivity contribution in [1.29, 1.82) is 0 Å². The van der Waals surface area contributed by atoms with E-state index in [1.807, 2.05) is 6.07 Å². The number of hydrogen-bond donors (Lipinski definition) is 0. The minimum Gasteiger partial charge on any atom is -0.463 e. The minimum atomic E-state index is -0.651. The van der Waals surface area contributed by atoms with Crippen molar-refractivity contribution in [2.24, 2.45) is 0 Å². The van der Waals surface area contributed by atoms with Crippen molar-refractivity contribution in [3.8, 4) is 11.5 Å². The molecule has 5 nitrogen and oxygen atoms in total. The lowest BCUT2D eigenvalue weighted by Crippen LogP contribution is -2.15. The van der Waals surface area contributed by atoms with E-state index in [1.54, 1.807) is 36.4 Å². The van der Waals surface area contributed by atoms with E-state index in [9.17, 15) is 14.0 Å². The molecule has 6 heteroatoms. The zero-order valence-corrected chi connectivity index (χ0v) is 14.6. The van der Waals surface area contributed by atoms with Crippen molar-refractivity contribution in [3.05, 3.63) is 89.9 Å². The molecular formula is C22H14FNO4. The molecule has 0 aliphatic carbocycles. The summed E-state index contributed by atoms with van der Waals surface area (Å²) in [5, 5.41) is 0.608. The first-order chi connectivity index (χ1) is 13.6. The van der Waals surface area contributed by atoms with Gasteiger partial charge in [0, 0.05) is 10.9 Å². The molecule has 0 fully saturated rings. The molecule has 0 aliphatic heterocycles. The van der Waals surface area contributed by atoms with Gasteiger partial charge in [0.25, 0.3) is 0 Å². The second-order valence-corrected chi connectivity index (χ2v) is 6.06. The fraction of sp³-hybridized carbons (Fsp3) is 0.0455. The highest BCUT2D eigenvalue weighted by Crippen LogP contribution is 2.25. The molecule has 138 valence electrons. The van der Waals surface area contributed by atoms with Crippen LogP contribution in [0.15, 0.2) is 77.4 Å². The third kappa shape index (κ3) is 3.53. The maximum Gasteiger partial charge on any atom is 0.339 e. The summed E-state index contributed by atoms with van der Waals surface area (Å²) in [5.74, 6) is -0.996. The fourth-order valence-electron chi connectivity index (χ4n) is 2.82.